The first-order valence-corrected chi connectivity index (χ1v) is 5.38. The van der Waals surface area contributed by atoms with Gasteiger partial charge in [-0.25, -0.2) is 0 Å². The quantitative estimate of drug-likeness (QED) is 0.856. The van der Waals surface area contributed by atoms with E-state index in [2.05, 4.69) is 5.10 Å². The lowest BCUT2D eigenvalue weighted by Crippen LogP contribution is -2.09. The maximum absolute atomic E-state index is 12.4. The van der Waals surface area contributed by atoms with Crippen LogP contribution in [0.5, 0.6) is 0 Å². The molecule has 0 radical (unpaired) electrons. The molecule has 1 aromatic heterocycles. The van der Waals surface area contributed by atoms with Crippen LogP contribution in [0.4, 0.5) is 18.9 Å². The van der Waals surface area contributed by atoms with Gasteiger partial charge in [0.15, 0.2) is 5.69 Å². The third kappa shape index (κ3) is 2.76. The molecular weight excluding hydrogens is 267 g/mol. The predicted octanol–water partition coefficient (Wildman–Crippen LogP) is 3.19. The minimum Gasteiger partial charge on any atom is -0.398 e. The molecule has 0 bridgehead atoms. The fourth-order valence-corrected chi connectivity index (χ4v) is 1.68. The zero-order chi connectivity index (χ0) is 13.3. The molecule has 0 atom stereocenters. The Labute approximate surface area is 106 Å². The van der Waals surface area contributed by atoms with Gasteiger partial charge in [-0.1, -0.05) is 11.6 Å². The lowest BCUT2D eigenvalue weighted by Gasteiger charge is -2.06. The van der Waals surface area contributed by atoms with Crippen LogP contribution in [0.2, 0.25) is 5.02 Å². The third-order valence-electron chi connectivity index (χ3n) is 2.37. The fourth-order valence-electron chi connectivity index (χ4n) is 1.49. The summed E-state index contributed by atoms with van der Waals surface area (Å²) in [5.74, 6) is 0. The number of nitrogen functional groups attached to an aromatic ring is 1. The van der Waals surface area contributed by atoms with Crippen molar-refractivity contribution >= 4 is 17.3 Å². The van der Waals surface area contributed by atoms with Gasteiger partial charge in [-0.3, -0.25) is 4.68 Å². The van der Waals surface area contributed by atoms with Crippen LogP contribution in [0.1, 0.15) is 11.3 Å². The number of nitrogens with zero attached hydrogens (tertiary/aromatic N) is 2. The van der Waals surface area contributed by atoms with Gasteiger partial charge in [0.25, 0.3) is 0 Å². The van der Waals surface area contributed by atoms with E-state index in [4.69, 9.17) is 17.3 Å². The normalized spacial score (nSPS) is 11.8. The molecule has 0 spiro atoms. The van der Waals surface area contributed by atoms with Crippen LogP contribution in [0, 0.1) is 0 Å². The van der Waals surface area contributed by atoms with Gasteiger partial charge in [0.05, 0.1) is 6.54 Å². The highest BCUT2D eigenvalue weighted by atomic mass is 35.5. The molecule has 0 saturated heterocycles. The summed E-state index contributed by atoms with van der Waals surface area (Å²) in [6.07, 6.45) is -3.19. The van der Waals surface area contributed by atoms with E-state index in [-0.39, 0.29) is 6.54 Å². The molecule has 0 aliphatic heterocycles. The van der Waals surface area contributed by atoms with Crippen molar-refractivity contribution in [2.24, 2.45) is 0 Å². The average molecular weight is 276 g/mol. The number of nitrogens with two attached hydrogens (primary N) is 1. The number of alkyl halides is 3. The number of benzene rings is 1. The molecule has 3 nitrogen and oxygen atoms in total. The standard InChI is InChI=1S/C11H9ClF3N3/c12-8-1-2-9(16)7(5-8)6-18-4-3-10(17-18)11(13,14)15/h1-5H,6,16H2. The van der Waals surface area contributed by atoms with Gasteiger partial charge >= 0.3 is 6.18 Å². The molecule has 0 unspecified atom stereocenters. The van der Waals surface area contributed by atoms with Gasteiger partial charge in [0.2, 0.25) is 0 Å². The number of anilines is 1. The van der Waals surface area contributed by atoms with E-state index < -0.39 is 11.9 Å². The Morgan fingerprint density at radius 3 is 2.61 bits per heavy atom. The second-order valence-corrected chi connectivity index (χ2v) is 4.18. The molecule has 96 valence electrons. The lowest BCUT2D eigenvalue weighted by molar-refractivity contribution is -0.141. The summed E-state index contributed by atoms with van der Waals surface area (Å²) < 4.78 is 38.3. The summed E-state index contributed by atoms with van der Waals surface area (Å²) in [7, 11) is 0. The monoisotopic (exact) mass is 275 g/mol. The van der Waals surface area contributed by atoms with Gasteiger partial charge in [-0.15, -0.1) is 0 Å². The summed E-state index contributed by atoms with van der Waals surface area (Å²) in [5, 5.41) is 3.92. The predicted molar refractivity (Wildman–Crippen MR) is 62.2 cm³/mol. The summed E-state index contributed by atoms with van der Waals surface area (Å²) >= 11 is 5.80. The summed E-state index contributed by atoms with van der Waals surface area (Å²) in [6, 6.07) is 5.74. The fraction of sp³-hybridized carbons (Fsp3) is 0.182. The summed E-state index contributed by atoms with van der Waals surface area (Å²) in [4.78, 5) is 0. The molecule has 2 rings (SSSR count). The van der Waals surface area contributed by atoms with Crippen molar-refractivity contribution in [1.82, 2.24) is 9.78 Å². The maximum atomic E-state index is 12.4. The number of aromatic nitrogens is 2. The SMILES string of the molecule is Nc1ccc(Cl)cc1Cn1ccc(C(F)(F)F)n1. The molecule has 1 heterocycles. The Kier molecular flexibility index (Phi) is 3.21. The van der Waals surface area contributed by atoms with Gasteiger partial charge in [0.1, 0.15) is 0 Å². The van der Waals surface area contributed by atoms with Crippen molar-refractivity contribution in [2.75, 3.05) is 5.73 Å². The summed E-state index contributed by atoms with van der Waals surface area (Å²) in [6.45, 7) is 0.141. The van der Waals surface area contributed by atoms with Gasteiger partial charge < -0.3 is 5.73 Å². The van der Waals surface area contributed by atoms with Crippen LogP contribution in [-0.2, 0) is 12.7 Å². The molecule has 0 aliphatic carbocycles. The first kappa shape index (κ1) is 12.8. The highest BCUT2D eigenvalue weighted by Crippen LogP contribution is 2.27. The van der Waals surface area contributed by atoms with Crippen LogP contribution in [0.3, 0.4) is 0 Å². The van der Waals surface area contributed by atoms with E-state index in [1.165, 1.54) is 10.9 Å². The Bertz CT molecular complexity index is 563. The number of rotatable bonds is 2. The lowest BCUT2D eigenvalue weighted by atomic mass is 10.2. The topological polar surface area (TPSA) is 43.8 Å². The van der Waals surface area contributed by atoms with Crippen LogP contribution < -0.4 is 5.73 Å². The van der Waals surface area contributed by atoms with Crippen molar-refractivity contribution in [2.45, 2.75) is 12.7 Å². The average Bonchev–Trinajstić information content (AvgIpc) is 2.71. The summed E-state index contributed by atoms with van der Waals surface area (Å²) in [5.41, 5.74) is 5.87. The Morgan fingerprint density at radius 2 is 2.00 bits per heavy atom. The van der Waals surface area contributed by atoms with E-state index in [1.807, 2.05) is 0 Å². The molecule has 18 heavy (non-hydrogen) atoms. The van der Waals surface area contributed by atoms with E-state index in [0.29, 0.717) is 16.3 Å². The first-order valence-electron chi connectivity index (χ1n) is 5.01. The highest BCUT2D eigenvalue weighted by molar-refractivity contribution is 6.30. The maximum Gasteiger partial charge on any atom is 0.435 e. The molecule has 0 aliphatic rings. The smallest absolute Gasteiger partial charge is 0.398 e. The largest absolute Gasteiger partial charge is 0.435 e. The van der Waals surface area contributed by atoms with E-state index >= 15 is 0 Å². The molecule has 7 heteroatoms. The third-order valence-corrected chi connectivity index (χ3v) is 2.60. The van der Waals surface area contributed by atoms with Gasteiger partial charge in [-0.05, 0) is 29.8 Å². The zero-order valence-corrected chi connectivity index (χ0v) is 9.83. The van der Waals surface area contributed by atoms with Crippen LogP contribution >= 0.6 is 11.6 Å². The van der Waals surface area contributed by atoms with E-state index in [0.717, 1.165) is 6.07 Å². The van der Waals surface area contributed by atoms with Gasteiger partial charge in [0, 0.05) is 16.9 Å². The minimum atomic E-state index is -4.44. The van der Waals surface area contributed by atoms with Crippen molar-refractivity contribution < 1.29 is 13.2 Å². The number of halogens is 4. The molecule has 2 N–H and O–H groups in total. The molecule has 0 saturated carbocycles. The van der Waals surface area contributed by atoms with Gasteiger partial charge in [-0.2, -0.15) is 18.3 Å². The number of hydrogen-bond donors (Lipinski definition) is 1. The van der Waals surface area contributed by atoms with Crippen LogP contribution in [-0.4, -0.2) is 9.78 Å². The second kappa shape index (κ2) is 4.53. The van der Waals surface area contributed by atoms with E-state index in [9.17, 15) is 13.2 Å². The molecular formula is C11H9ClF3N3. The zero-order valence-electron chi connectivity index (χ0n) is 9.08. The Morgan fingerprint density at radius 1 is 1.28 bits per heavy atom. The minimum absolute atomic E-state index is 0.141. The van der Waals surface area contributed by atoms with E-state index in [1.54, 1.807) is 18.2 Å². The van der Waals surface area contributed by atoms with Crippen molar-refractivity contribution in [3.8, 4) is 0 Å². The van der Waals surface area contributed by atoms with Crippen molar-refractivity contribution in [1.29, 1.82) is 0 Å². The number of hydrogen-bond acceptors (Lipinski definition) is 2. The first-order chi connectivity index (χ1) is 8.36. The molecule has 0 fully saturated rings. The second-order valence-electron chi connectivity index (χ2n) is 3.74. The molecule has 0 amide bonds. The Balaban J connectivity index is 2.24. The van der Waals surface area contributed by atoms with Crippen LogP contribution in [0.25, 0.3) is 0 Å². The van der Waals surface area contributed by atoms with Crippen molar-refractivity contribution in [3.63, 3.8) is 0 Å². The highest BCUT2D eigenvalue weighted by Gasteiger charge is 2.33. The van der Waals surface area contributed by atoms with Crippen molar-refractivity contribution in [3.05, 3.63) is 46.7 Å². The molecule has 1 aromatic carbocycles. The molecule has 2 aromatic rings. The Hall–Kier alpha value is -1.69. The van der Waals surface area contributed by atoms with Crippen LogP contribution in [0.15, 0.2) is 30.5 Å².